The lowest BCUT2D eigenvalue weighted by atomic mass is 10.2. The number of nitrogens with one attached hydrogen (secondary N) is 1. The van der Waals surface area contributed by atoms with E-state index in [9.17, 15) is 13.2 Å². The van der Waals surface area contributed by atoms with Gasteiger partial charge in [-0.25, -0.2) is 8.42 Å². The standard InChI is InChI=1S/C14H21N3O3S/c1-3-15-14(18)12-5-4-6-13(11-12)21(19,20)17-9-7-16(2)8-10-17/h4-6,11H,3,7-10H2,1-2H3,(H,15,18). The quantitative estimate of drug-likeness (QED) is 0.872. The minimum absolute atomic E-state index is 0.177. The largest absolute Gasteiger partial charge is 0.352 e. The molecular weight excluding hydrogens is 290 g/mol. The van der Waals surface area contributed by atoms with Crippen LogP contribution < -0.4 is 5.32 Å². The van der Waals surface area contributed by atoms with Crippen molar-refractivity contribution >= 4 is 15.9 Å². The van der Waals surface area contributed by atoms with E-state index in [0.717, 1.165) is 13.1 Å². The molecule has 0 bridgehead atoms. The maximum absolute atomic E-state index is 12.6. The molecule has 1 saturated heterocycles. The fraction of sp³-hybridized carbons (Fsp3) is 0.500. The van der Waals surface area contributed by atoms with Gasteiger partial charge < -0.3 is 10.2 Å². The number of rotatable bonds is 4. The molecule has 1 aliphatic rings. The van der Waals surface area contributed by atoms with E-state index in [2.05, 4.69) is 10.2 Å². The third-order valence-corrected chi connectivity index (χ3v) is 5.43. The van der Waals surface area contributed by atoms with E-state index in [4.69, 9.17) is 0 Å². The van der Waals surface area contributed by atoms with E-state index in [-0.39, 0.29) is 10.8 Å². The Morgan fingerprint density at radius 1 is 1.24 bits per heavy atom. The molecule has 1 heterocycles. The van der Waals surface area contributed by atoms with Crippen molar-refractivity contribution in [1.29, 1.82) is 0 Å². The van der Waals surface area contributed by atoms with Gasteiger partial charge in [-0.2, -0.15) is 4.31 Å². The fourth-order valence-electron chi connectivity index (χ4n) is 2.24. The lowest BCUT2D eigenvalue weighted by Crippen LogP contribution is -2.47. The van der Waals surface area contributed by atoms with Gasteiger partial charge in [-0.3, -0.25) is 4.79 Å². The Balaban J connectivity index is 2.24. The second-order valence-corrected chi connectivity index (χ2v) is 7.03. The first kappa shape index (κ1) is 15.9. The molecule has 6 nitrogen and oxygen atoms in total. The smallest absolute Gasteiger partial charge is 0.251 e. The van der Waals surface area contributed by atoms with Crippen LogP contribution in [0.25, 0.3) is 0 Å². The molecule has 1 aliphatic heterocycles. The molecule has 1 aromatic carbocycles. The summed E-state index contributed by atoms with van der Waals surface area (Å²) in [4.78, 5) is 14.1. The summed E-state index contributed by atoms with van der Waals surface area (Å²) < 4.78 is 26.7. The average molecular weight is 311 g/mol. The van der Waals surface area contributed by atoms with E-state index < -0.39 is 10.0 Å². The van der Waals surface area contributed by atoms with Gasteiger partial charge in [-0.15, -0.1) is 0 Å². The second kappa shape index (κ2) is 6.55. The van der Waals surface area contributed by atoms with Crippen molar-refractivity contribution in [2.24, 2.45) is 0 Å². The van der Waals surface area contributed by atoms with Gasteiger partial charge in [0.15, 0.2) is 0 Å². The lowest BCUT2D eigenvalue weighted by molar-refractivity contribution is 0.0955. The number of amides is 1. The monoisotopic (exact) mass is 311 g/mol. The van der Waals surface area contributed by atoms with E-state index >= 15 is 0 Å². The number of benzene rings is 1. The van der Waals surface area contributed by atoms with E-state index in [1.54, 1.807) is 12.1 Å². The van der Waals surface area contributed by atoms with Crippen LogP contribution in [0.3, 0.4) is 0 Å². The number of carbonyl (C=O) groups is 1. The van der Waals surface area contributed by atoms with Crippen LogP contribution in [0.2, 0.25) is 0 Å². The molecule has 0 aromatic heterocycles. The van der Waals surface area contributed by atoms with E-state index in [1.165, 1.54) is 16.4 Å². The first-order valence-corrected chi connectivity index (χ1v) is 8.46. The van der Waals surface area contributed by atoms with Crippen molar-refractivity contribution in [3.05, 3.63) is 29.8 Å². The molecule has 0 unspecified atom stereocenters. The van der Waals surface area contributed by atoms with Crippen molar-refractivity contribution in [3.8, 4) is 0 Å². The summed E-state index contributed by atoms with van der Waals surface area (Å²) in [5, 5.41) is 2.67. The van der Waals surface area contributed by atoms with Gasteiger partial charge in [0.05, 0.1) is 4.90 Å². The van der Waals surface area contributed by atoms with Crippen LogP contribution in [0.4, 0.5) is 0 Å². The van der Waals surface area contributed by atoms with Crippen molar-refractivity contribution in [3.63, 3.8) is 0 Å². The first-order chi connectivity index (χ1) is 9.95. The molecule has 1 aromatic rings. The summed E-state index contributed by atoms with van der Waals surface area (Å²) in [5.41, 5.74) is 0.368. The molecule has 1 amide bonds. The predicted octanol–water partition coefficient (Wildman–Crippen LogP) is 0.372. The minimum Gasteiger partial charge on any atom is -0.352 e. The third kappa shape index (κ3) is 3.61. The van der Waals surface area contributed by atoms with E-state index in [0.29, 0.717) is 25.2 Å². The summed E-state index contributed by atoms with van der Waals surface area (Å²) >= 11 is 0. The molecule has 21 heavy (non-hydrogen) atoms. The molecule has 0 spiro atoms. The van der Waals surface area contributed by atoms with Crippen molar-refractivity contribution < 1.29 is 13.2 Å². The van der Waals surface area contributed by atoms with Crippen molar-refractivity contribution in [2.75, 3.05) is 39.8 Å². The molecule has 1 fully saturated rings. The summed E-state index contributed by atoms with van der Waals surface area (Å²) in [5.74, 6) is -0.257. The normalized spacial score (nSPS) is 17.6. The number of nitrogens with zero attached hydrogens (tertiary/aromatic N) is 2. The fourth-order valence-corrected chi connectivity index (χ4v) is 3.71. The first-order valence-electron chi connectivity index (χ1n) is 7.02. The van der Waals surface area contributed by atoms with E-state index in [1.807, 2.05) is 14.0 Å². The number of hydrogen-bond acceptors (Lipinski definition) is 4. The molecule has 0 atom stereocenters. The van der Waals surface area contributed by atoms with Gasteiger partial charge in [-0.1, -0.05) is 6.07 Å². The number of carbonyl (C=O) groups excluding carboxylic acids is 1. The molecular formula is C14H21N3O3S. The molecule has 116 valence electrons. The van der Waals surface area contributed by atoms with Crippen LogP contribution >= 0.6 is 0 Å². The zero-order chi connectivity index (χ0) is 15.5. The van der Waals surface area contributed by atoms with Gasteiger partial charge in [-0.05, 0) is 32.2 Å². The Hall–Kier alpha value is -1.44. The molecule has 0 radical (unpaired) electrons. The highest BCUT2D eigenvalue weighted by Crippen LogP contribution is 2.18. The predicted molar refractivity (Wildman–Crippen MR) is 80.7 cm³/mol. The van der Waals surface area contributed by atoms with Crippen LogP contribution in [0.1, 0.15) is 17.3 Å². The van der Waals surface area contributed by atoms with Crippen LogP contribution in [0.5, 0.6) is 0 Å². The number of hydrogen-bond donors (Lipinski definition) is 1. The molecule has 2 rings (SSSR count). The molecule has 1 N–H and O–H groups in total. The molecule has 0 aliphatic carbocycles. The highest BCUT2D eigenvalue weighted by atomic mass is 32.2. The highest BCUT2D eigenvalue weighted by Gasteiger charge is 2.27. The maximum atomic E-state index is 12.6. The topological polar surface area (TPSA) is 69.7 Å². The zero-order valence-corrected chi connectivity index (χ0v) is 13.2. The van der Waals surface area contributed by atoms with Crippen LogP contribution in [-0.4, -0.2) is 63.3 Å². The van der Waals surface area contributed by atoms with Gasteiger partial charge in [0.2, 0.25) is 10.0 Å². The van der Waals surface area contributed by atoms with Crippen LogP contribution in [-0.2, 0) is 10.0 Å². The highest BCUT2D eigenvalue weighted by molar-refractivity contribution is 7.89. The summed E-state index contributed by atoms with van der Waals surface area (Å²) in [6.45, 7) is 4.72. The lowest BCUT2D eigenvalue weighted by Gasteiger charge is -2.31. The van der Waals surface area contributed by atoms with Crippen molar-refractivity contribution in [1.82, 2.24) is 14.5 Å². The Morgan fingerprint density at radius 2 is 1.90 bits per heavy atom. The number of likely N-dealkylation sites (N-methyl/N-ethyl adjacent to an activating group) is 1. The van der Waals surface area contributed by atoms with Gasteiger partial charge >= 0.3 is 0 Å². The second-order valence-electron chi connectivity index (χ2n) is 5.09. The Bertz CT molecular complexity index is 608. The number of piperazine rings is 1. The molecule has 0 saturated carbocycles. The van der Waals surface area contributed by atoms with Gasteiger partial charge in [0.25, 0.3) is 5.91 Å². The Kier molecular flexibility index (Phi) is 4.97. The Labute approximate surface area is 125 Å². The molecule has 7 heteroatoms. The summed E-state index contributed by atoms with van der Waals surface area (Å²) in [6, 6.07) is 6.20. The maximum Gasteiger partial charge on any atom is 0.251 e. The van der Waals surface area contributed by atoms with Gasteiger partial charge in [0.1, 0.15) is 0 Å². The zero-order valence-electron chi connectivity index (χ0n) is 12.4. The summed E-state index contributed by atoms with van der Waals surface area (Å²) in [7, 11) is -1.56. The minimum atomic E-state index is -3.53. The van der Waals surface area contributed by atoms with Crippen molar-refractivity contribution in [2.45, 2.75) is 11.8 Å². The SMILES string of the molecule is CCNC(=O)c1cccc(S(=O)(=O)N2CCN(C)CC2)c1. The summed E-state index contributed by atoms with van der Waals surface area (Å²) in [6.07, 6.45) is 0. The van der Waals surface area contributed by atoms with Crippen LogP contribution in [0.15, 0.2) is 29.2 Å². The number of sulfonamides is 1. The third-order valence-electron chi connectivity index (χ3n) is 3.53. The van der Waals surface area contributed by atoms with Crippen LogP contribution in [0, 0.1) is 0 Å². The average Bonchev–Trinajstić information content (AvgIpc) is 2.48. The van der Waals surface area contributed by atoms with Gasteiger partial charge in [0, 0.05) is 38.3 Å². The Morgan fingerprint density at radius 3 is 2.52 bits per heavy atom.